The Bertz CT molecular complexity index is 628. The van der Waals surface area contributed by atoms with Gasteiger partial charge in [-0.25, -0.2) is 4.39 Å². The first-order chi connectivity index (χ1) is 10.4. The van der Waals surface area contributed by atoms with Crippen LogP contribution in [0.4, 0.5) is 17.6 Å². The molecule has 2 N–H and O–H groups in total. The SMILES string of the molecule is OCCNSc1cc(-c2ccc(C(F)(F)F)cc2)ccc1F. The molecule has 0 heterocycles. The third-order valence-corrected chi connectivity index (χ3v) is 3.75. The summed E-state index contributed by atoms with van der Waals surface area (Å²) in [6.45, 7) is 0.224. The van der Waals surface area contributed by atoms with Crippen LogP contribution in [0.5, 0.6) is 0 Å². The number of rotatable bonds is 5. The molecule has 0 unspecified atom stereocenters. The molecule has 118 valence electrons. The molecule has 0 saturated heterocycles. The molecule has 22 heavy (non-hydrogen) atoms. The van der Waals surface area contributed by atoms with Gasteiger partial charge in [0, 0.05) is 6.54 Å². The summed E-state index contributed by atoms with van der Waals surface area (Å²) in [6.07, 6.45) is -4.38. The van der Waals surface area contributed by atoms with E-state index >= 15 is 0 Å². The van der Waals surface area contributed by atoms with Crippen molar-refractivity contribution in [2.24, 2.45) is 0 Å². The number of aliphatic hydroxyl groups is 1. The monoisotopic (exact) mass is 331 g/mol. The van der Waals surface area contributed by atoms with Crippen molar-refractivity contribution < 1.29 is 22.7 Å². The summed E-state index contributed by atoms with van der Waals surface area (Å²) in [7, 11) is 0. The predicted molar refractivity (Wildman–Crippen MR) is 77.8 cm³/mol. The molecule has 0 atom stereocenters. The minimum Gasteiger partial charge on any atom is -0.395 e. The van der Waals surface area contributed by atoms with Gasteiger partial charge in [0.1, 0.15) is 5.82 Å². The highest BCUT2D eigenvalue weighted by Gasteiger charge is 2.29. The van der Waals surface area contributed by atoms with E-state index in [9.17, 15) is 17.6 Å². The second kappa shape index (κ2) is 7.13. The zero-order valence-electron chi connectivity index (χ0n) is 11.3. The topological polar surface area (TPSA) is 32.3 Å². The van der Waals surface area contributed by atoms with Crippen molar-refractivity contribution in [3.05, 3.63) is 53.8 Å². The Morgan fingerprint density at radius 3 is 2.23 bits per heavy atom. The Hall–Kier alpha value is -1.57. The lowest BCUT2D eigenvalue weighted by molar-refractivity contribution is -0.137. The summed E-state index contributed by atoms with van der Waals surface area (Å²) in [5, 5.41) is 8.68. The number of aliphatic hydroxyl groups excluding tert-OH is 1. The van der Waals surface area contributed by atoms with Crippen molar-refractivity contribution in [2.45, 2.75) is 11.1 Å². The first-order valence-corrected chi connectivity index (χ1v) is 7.21. The number of benzene rings is 2. The summed E-state index contributed by atoms with van der Waals surface area (Å²) < 4.78 is 54.0. The van der Waals surface area contributed by atoms with Crippen molar-refractivity contribution in [1.29, 1.82) is 0 Å². The van der Waals surface area contributed by atoms with Gasteiger partial charge in [0.2, 0.25) is 0 Å². The first-order valence-electron chi connectivity index (χ1n) is 6.39. The van der Waals surface area contributed by atoms with E-state index in [0.717, 1.165) is 24.1 Å². The van der Waals surface area contributed by atoms with Crippen molar-refractivity contribution in [2.75, 3.05) is 13.2 Å². The number of alkyl halides is 3. The molecular formula is C15H13F4NOS. The summed E-state index contributed by atoms with van der Waals surface area (Å²) >= 11 is 1.02. The highest BCUT2D eigenvalue weighted by molar-refractivity contribution is 7.97. The highest BCUT2D eigenvalue weighted by Crippen LogP contribution is 2.32. The van der Waals surface area contributed by atoms with E-state index in [1.165, 1.54) is 24.3 Å². The van der Waals surface area contributed by atoms with Crippen LogP contribution >= 0.6 is 11.9 Å². The molecule has 7 heteroatoms. The van der Waals surface area contributed by atoms with Crippen molar-refractivity contribution in [3.8, 4) is 11.1 Å². The van der Waals surface area contributed by atoms with Gasteiger partial charge in [-0.3, -0.25) is 4.72 Å². The number of halogens is 4. The maximum atomic E-state index is 13.7. The van der Waals surface area contributed by atoms with Gasteiger partial charge in [0.05, 0.1) is 17.1 Å². The van der Waals surface area contributed by atoms with Crippen molar-refractivity contribution in [1.82, 2.24) is 4.72 Å². The first kappa shape index (κ1) is 16.8. The lowest BCUT2D eigenvalue weighted by Gasteiger charge is -2.09. The molecule has 0 radical (unpaired) electrons. The molecular weight excluding hydrogens is 318 g/mol. The Morgan fingerprint density at radius 1 is 1.00 bits per heavy atom. The van der Waals surface area contributed by atoms with E-state index in [-0.39, 0.29) is 6.61 Å². The Kier molecular flexibility index (Phi) is 5.44. The quantitative estimate of drug-likeness (QED) is 0.491. The number of hydrogen-bond acceptors (Lipinski definition) is 3. The third-order valence-electron chi connectivity index (χ3n) is 2.87. The maximum absolute atomic E-state index is 13.7. The van der Waals surface area contributed by atoms with E-state index in [1.54, 1.807) is 6.07 Å². The zero-order valence-corrected chi connectivity index (χ0v) is 12.1. The second-order valence-corrected chi connectivity index (χ2v) is 5.37. The van der Waals surface area contributed by atoms with Crippen molar-refractivity contribution >= 4 is 11.9 Å². The fourth-order valence-electron chi connectivity index (χ4n) is 1.79. The summed E-state index contributed by atoms with van der Waals surface area (Å²) in [4.78, 5) is 0.311. The van der Waals surface area contributed by atoms with E-state index < -0.39 is 17.6 Å². The van der Waals surface area contributed by atoms with Crippen LogP contribution in [-0.2, 0) is 6.18 Å². The average molecular weight is 331 g/mol. The van der Waals surface area contributed by atoms with Crippen LogP contribution in [0.1, 0.15) is 5.56 Å². The molecule has 0 aromatic heterocycles. The van der Waals surface area contributed by atoms with E-state index in [2.05, 4.69) is 4.72 Å². The Morgan fingerprint density at radius 2 is 1.64 bits per heavy atom. The van der Waals surface area contributed by atoms with Gasteiger partial charge in [-0.15, -0.1) is 0 Å². The van der Waals surface area contributed by atoms with Crippen LogP contribution in [0.3, 0.4) is 0 Å². The van der Waals surface area contributed by atoms with Crippen LogP contribution in [-0.4, -0.2) is 18.3 Å². The molecule has 0 aliphatic rings. The van der Waals surface area contributed by atoms with Crippen LogP contribution in [0.25, 0.3) is 11.1 Å². The Labute approximate surface area is 129 Å². The number of nitrogens with one attached hydrogen (secondary N) is 1. The largest absolute Gasteiger partial charge is 0.416 e. The molecule has 0 spiro atoms. The summed E-state index contributed by atoms with van der Waals surface area (Å²) in [5.74, 6) is -0.439. The summed E-state index contributed by atoms with van der Waals surface area (Å²) in [5.41, 5.74) is 0.456. The molecule has 0 aliphatic heterocycles. The Balaban J connectivity index is 2.23. The average Bonchev–Trinajstić information content (AvgIpc) is 2.49. The molecule has 0 bridgehead atoms. The fraction of sp³-hybridized carbons (Fsp3) is 0.200. The van der Waals surface area contributed by atoms with Gasteiger partial charge in [0.25, 0.3) is 0 Å². The van der Waals surface area contributed by atoms with E-state index in [4.69, 9.17) is 5.11 Å². The zero-order chi connectivity index (χ0) is 16.2. The molecule has 0 saturated carbocycles. The van der Waals surface area contributed by atoms with Gasteiger partial charge in [0.15, 0.2) is 0 Å². The van der Waals surface area contributed by atoms with Gasteiger partial charge in [-0.1, -0.05) is 18.2 Å². The van der Waals surface area contributed by atoms with E-state index in [1.807, 2.05) is 0 Å². The van der Waals surface area contributed by atoms with Crippen LogP contribution in [0, 0.1) is 5.82 Å². The minimum absolute atomic E-state index is 0.0762. The molecule has 2 rings (SSSR count). The second-order valence-electron chi connectivity index (χ2n) is 4.44. The molecule has 0 aliphatic carbocycles. The summed E-state index contributed by atoms with van der Waals surface area (Å²) in [6, 6.07) is 9.01. The van der Waals surface area contributed by atoms with Gasteiger partial charge < -0.3 is 5.11 Å². The van der Waals surface area contributed by atoms with Crippen LogP contribution in [0.2, 0.25) is 0 Å². The maximum Gasteiger partial charge on any atom is 0.416 e. The minimum atomic E-state index is -4.38. The third kappa shape index (κ3) is 4.22. The predicted octanol–water partition coefficient (Wildman–Crippen LogP) is 4.10. The van der Waals surface area contributed by atoms with Gasteiger partial charge in [-0.05, 0) is 47.3 Å². The van der Waals surface area contributed by atoms with Gasteiger partial charge in [-0.2, -0.15) is 13.2 Å². The lowest BCUT2D eigenvalue weighted by atomic mass is 10.0. The molecule has 2 aromatic carbocycles. The normalized spacial score (nSPS) is 11.7. The standard InChI is InChI=1S/C15H13F4NOS/c16-13-6-3-11(9-14(13)22-20-7-8-21)10-1-4-12(5-2-10)15(17,18)19/h1-6,9,20-21H,7-8H2. The molecule has 0 amide bonds. The van der Waals surface area contributed by atoms with Crippen LogP contribution < -0.4 is 4.72 Å². The number of hydrogen-bond donors (Lipinski definition) is 2. The highest BCUT2D eigenvalue weighted by atomic mass is 32.2. The lowest BCUT2D eigenvalue weighted by Crippen LogP contribution is -2.09. The van der Waals surface area contributed by atoms with E-state index in [0.29, 0.717) is 22.6 Å². The molecule has 0 fully saturated rings. The van der Waals surface area contributed by atoms with Crippen LogP contribution in [0.15, 0.2) is 47.4 Å². The van der Waals surface area contributed by atoms with Gasteiger partial charge >= 0.3 is 6.18 Å². The van der Waals surface area contributed by atoms with Crippen molar-refractivity contribution in [3.63, 3.8) is 0 Å². The smallest absolute Gasteiger partial charge is 0.395 e. The fourth-order valence-corrected chi connectivity index (χ4v) is 2.49. The molecule has 2 aromatic rings. The molecule has 2 nitrogen and oxygen atoms in total.